The van der Waals surface area contributed by atoms with E-state index < -0.39 is 0 Å². The predicted octanol–water partition coefficient (Wildman–Crippen LogP) is 2.88. The van der Waals surface area contributed by atoms with E-state index in [0.717, 1.165) is 18.2 Å². The van der Waals surface area contributed by atoms with Crippen LogP contribution in [-0.4, -0.2) is 16.5 Å². The van der Waals surface area contributed by atoms with Crippen molar-refractivity contribution in [1.82, 2.24) is 9.97 Å². The SMILES string of the molecule is Cc1ccnc(NCC(C)C(C)(C)C)n1. The molecule has 15 heavy (non-hydrogen) atoms. The van der Waals surface area contributed by atoms with Crippen molar-refractivity contribution in [3.05, 3.63) is 18.0 Å². The molecule has 1 atom stereocenters. The molecule has 1 aromatic heterocycles. The summed E-state index contributed by atoms with van der Waals surface area (Å²) >= 11 is 0. The molecule has 0 fully saturated rings. The minimum Gasteiger partial charge on any atom is -0.354 e. The lowest BCUT2D eigenvalue weighted by atomic mass is 9.82. The summed E-state index contributed by atoms with van der Waals surface area (Å²) in [7, 11) is 0. The molecule has 0 aliphatic rings. The molecule has 1 unspecified atom stereocenters. The van der Waals surface area contributed by atoms with Gasteiger partial charge in [-0.25, -0.2) is 9.97 Å². The van der Waals surface area contributed by atoms with Crippen LogP contribution in [0.15, 0.2) is 12.3 Å². The van der Waals surface area contributed by atoms with E-state index in [1.807, 2.05) is 13.0 Å². The van der Waals surface area contributed by atoms with Crippen molar-refractivity contribution in [2.24, 2.45) is 11.3 Å². The highest BCUT2D eigenvalue weighted by molar-refractivity contribution is 5.24. The molecule has 3 heteroatoms. The Morgan fingerprint density at radius 2 is 2.07 bits per heavy atom. The van der Waals surface area contributed by atoms with Gasteiger partial charge in [0.05, 0.1) is 0 Å². The fourth-order valence-corrected chi connectivity index (χ4v) is 1.08. The molecule has 0 aliphatic heterocycles. The fourth-order valence-electron chi connectivity index (χ4n) is 1.08. The average Bonchev–Trinajstić information content (AvgIpc) is 2.12. The van der Waals surface area contributed by atoms with E-state index in [9.17, 15) is 0 Å². The van der Waals surface area contributed by atoms with Crippen LogP contribution in [0.1, 0.15) is 33.4 Å². The number of anilines is 1. The largest absolute Gasteiger partial charge is 0.354 e. The van der Waals surface area contributed by atoms with E-state index in [1.54, 1.807) is 6.20 Å². The molecule has 0 bridgehead atoms. The van der Waals surface area contributed by atoms with E-state index in [0.29, 0.717) is 11.3 Å². The van der Waals surface area contributed by atoms with Gasteiger partial charge in [0, 0.05) is 18.4 Å². The van der Waals surface area contributed by atoms with Crippen LogP contribution in [0.25, 0.3) is 0 Å². The number of hydrogen-bond acceptors (Lipinski definition) is 3. The smallest absolute Gasteiger partial charge is 0.222 e. The number of nitrogens with one attached hydrogen (secondary N) is 1. The Bertz CT molecular complexity index is 315. The van der Waals surface area contributed by atoms with Gasteiger partial charge in [0.1, 0.15) is 0 Å². The van der Waals surface area contributed by atoms with Crippen LogP contribution < -0.4 is 5.32 Å². The molecule has 3 nitrogen and oxygen atoms in total. The molecule has 1 N–H and O–H groups in total. The van der Waals surface area contributed by atoms with Gasteiger partial charge in [-0.3, -0.25) is 0 Å². The first kappa shape index (κ1) is 12.0. The second-order valence-electron chi connectivity index (χ2n) is 5.17. The minimum atomic E-state index is 0.316. The highest BCUT2D eigenvalue weighted by atomic mass is 15.1. The second kappa shape index (κ2) is 4.60. The van der Waals surface area contributed by atoms with Gasteiger partial charge in [-0.2, -0.15) is 0 Å². The van der Waals surface area contributed by atoms with Gasteiger partial charge < -0.3 is 5.32 Å². The zero-order valence-electron chi connectivity index (χ0n) is 10.3. The molecule has 0 saturated heterocycles. The summed E-state index contributed by atoms with van der Waals surface area (Å²) in [4.78, 5) is 8.48. The summed E-state index contributed by atoms with van der Waals surface area (Å²) in [5, 5.41) is 3.27. The van der Waals surface area contributed by atoms with Gasteiger partial charge in [0.15, 0.2) is 0 Å². The normalized spacial score (nSPS) is 13.7. The van der Waals surface area contributed by atoms with Crippen molar-refractivity contribution in [1.29, 1.82) is 0 Å². The maximum atomic E-state index is 4.30. The van der Waals surface area contributed by atoms with Gasteiger partial charge in [0.2, 0.25) is 5.95 Å². The third-order valence-electron chi connectivity index (χ3n) is 2.84. The fraction of sp³-hybridized carbons (Fsp3) is 0.667. The summed E-state index contributed by atoms with van der Waals surface area (Å²) in [6.07, 6.45) is 1.78. The summed E-state index contributed by atoms with van der Waals surface area (Å²) in [5.41, 5.74) is 1.31. The van der Waals surface area contributed by atoms with Crippen molar-refractivity contribution in [2.75, 3.05) is 11.9 Å². The minimum absolute atomic E-state index is 0.316. The first-order valence-electron chi connectivity index (χ1n) is 5.43. The molecule has 0 radical (unpaired) electrons. The first-order chi connectivity index (χ1) is 6.89. The highest BCUT2D eigenvalue weighted by Crippen LogP contribution is 2.24. The van der Waals surface area contributed by atoms with Crippen LogP contribution in [0.5, 0.6) is 0 Å². The molecule has 0 aromatic carbocycles. The Kier molecular flexibility index (Phi) is 3.66. The quantitative estimate of drug-likeness (QED) is 0.828. The van der Waals surface area contributed by atoms with Gasteiger partial charge in [-0.05, 0) is 24.3 Å². The summed E-state index contributed by atoms with van der Waals surface area (Å²) < 4.78 is 0. The molecule has 0 aliphatic carbocycles. The monoisotopic (exact) mass is 207 g/mol. The Morgan fingerprint density at radius 1 is 1.40 bits per heavy atom. The molecule has 1 aromatic rings. The molecule has 1 rings (SSSR count). The van der Waals surface area contributed by atoms with Crippen molar-refractivity contribution in [3.8, 4) is 0 Å². The maximum Gasteiger partial charge on any atom is 0.222 e. The number of rotatable bonds is 3. The third kappa shape index (κ3) is 3.86. The Hall–Kier alpha value is -1.12. The lowest BCUT2D eigenvalue weighted by Gasteiger charge is -2.27. The number of aromatic nitrogens is 2. The molecule has 84 valence electrons. The van der Waals surface area contributed by atoms with Crippen molar-refractivity contribution in [3.63, 3.8) is 0 Å². The lowest BCUT2D eigenvalue weighted by molar-refractivity contribution is 0.274. The average molecular weight is 207 g/mol. The summed E-state index contributed by atoms with van der Waals surface area (Å²) in [6, 6.07) is 1.90. The summed E-state index contributed by atoms with van der Waals surface area (Å²) in [6.45, 7) is 11.9. The van der Waals surface area contributed by atoms with Crippen LogP contribution in [0.3, 0.4) is 0 Å². The van der Waals surface area contributed by atoms with Gasteiger partial charge >= 0.3 is 0 Å². The third-order valence-corrected chi connectivity index (χ3v) is 2.84. The molecule has 0 spiro atoms. The van der Waals surface area contributed by atoms with Crippen LogP contribution in [-0.2, 0) is 0 Å². The van der Waals surface area contributed by atoms with Gasteiger partial charge in [0.25, 0.3) is 0 Å². The van der Waals surface area contributed by atoms with E-state index >= 15 is 0 Å². The Balaban J connectivity index is 2.51. The zero-order chi connectivity index (χ0) is 11.5. The molecule has 1 heterocycles. The number of nitrogens with zero attached hydrogens (tertiary/aromatic N) is 2. The van der Waals surface area contributed by atoms with Crippen LogP contribution in [0.2, 0.25) is 0 Å². The molecule has 0 saturated carbocycles. The molecule has 0 amide bonds. The summed E-state index contributed by atoms with van der Waals surface area (Å²) in [5.74, 6) is 1.31. The number of hydrogen-bond donors (Lipinski definition) is 1. The Labute approximate surface area is 92.3 Å². The molecular formula is C12H21N3. The predicted molar refractivity (Wildman–Crippen MR) is 63.9 cm³/mol. The van der Waals surface area contributed by atoms with E-state index in [1.165, 1.54) is 0 Å². The number of aryl methyl sites for hydroxylation is 1. The van der Waals surface area contributed by atoms with Crippen molar-refractivity contribution >= 4 is 5.95 Å². The maximum absolute atomic E-state index is 4.30. The zero-order valence-corrected chi connectivity index (χ0v) is 10.3. The van der Waals surface area contributed by atoms with Crippen molar-refractivity contribution in [2.45, 2.75) is 34.6 Å². The van der Waals surface area contributed by atoms with Crippen LogP contribution in [0, 0.1) is 18.3 Å². The van der Waals surface area contributed by atoms with Crippen LogP contribution in [0.4, 0.5) is 5.95 Å². The van der Waals surface area contributed by atoms with Crippen molar-refractivity contribution < 1.29 is 0 Å². The van der Waals surface area contributed by atoms with Crippen LogP contribution >= 0.6 is 0 Å². The highest BCUT2D eigenvalue weighted by Gasteiger charge is 2.19. The second-order valence-corrected chi connectivity index (χ2v) is 5.17. The van der Waals surface area contributed by atoms with Gasteiger partial charge in [-0.15, -0.1) is 0 Å². The Morgan fingerprint density at radius 3 is 2.60 bits per heavy atom. The lowest BCUT2D eigenvalue weighted by Crippen LogP contribution is -2.25. The van der Waals surface area contributed by atoms with E-state index in [4.69, 9.17) is 0 Å². The standard InChI is InChI=1S/C12H21N3/c1-9(12(3,4)5)8-14-11-13-7-6-10(2)15-11/h6-7,9H,8H2,1-5H3,(H,13,14,15). The van der Waals surface area contributed by atoms with E-state index in [2.05, 4.69) is 43.0 Å². The first-order valence-corrected chi connectivity index (χ1v) is 5.43. The topological polar surface area (TPSA) is 37.8 Å². The van der Waals surface area contributed by atoms with Gasteiger partial charge in [-0.1, -0.05) is 27.7 Å². The molecular weight excluding hydrogens is 186 g/mol. The van der Waals surface area contributed by atoms with E-state index in [-0.39, 0.29) is 0 Å².